The van der Waals surface area contributed by atoms with Gasteiger partial charge in [0.05, 0.1) is 6.61 Å². The van der Waals surface area contributed by atoms with Gasteiger partial charge in [0, 0.05) is 23.0 Å². The van der Waals surface area contributed by atoms with Crippen LogP contribution in [0.3, 0.4) is 0 Å². The quantitative estimate of drug-likeness (QED) is 0.650. The molecule has 0 radical (unpaired) electrons. The van der Waals surface area contributed by atoms with Gasteiger partial charge in [-0.05, 0) is 30.7 Å². The van der Waals surface area contributed by atoms with E-state index in [0.29, 0.717) is 0 Å². The van der Waals surface area contributed by atoms with Crippen molar-refractivity contribution in [3.05, 3.63) is 27.7 Å². The predicted octanol–water partition coefficient (Wildman–Crippen LogP) is 4.83. The van der Waals surface area contributed by atoms with Crippen LogP contribution in [0.25, 0.3) is 0 Å². The first kappa shape index (κ1) is 15.8. The summed E-state index contributed by atoms with van der Waals surface area (Å²) in [5, 5.41) is 3.55. The molecule has 3 heteroatoms. The van der Waals surface area contributed by atoms with E-state index >= 15 is 0 Å². The third-order valence-corrected chi connectivity index (χ3v) is 4.31. The minimum Gasteiger partial charge on any atom is -0.493 e. The van der Waals surface area contributed by atoms with E-state index in [0.717, 1.165) is 36.3 Å². The summed E-state index contributed by atoms with van der Waals surface area (Å²) in [5.74, 6) is 1.11. The van der Waals surface area contributed by atoms with Gasteiger partial charge in [-0.2, -0.15) is 0 Å². The van der Waals surface area contributed by atoms with Crippen molar-refractivity contribution in [2.24, 2.45) is 0 Å². The molecule has 112 valence electrons. The van der Waals surface area contributed by atoms with Crippen molar-refractivity contribution in [2.75, 3.05) is 13.2 Å². The Hall–Kier alpha value is -0.540. The minimum atomic E-state index is 0.830. The van der Waals surface area contributed by atoms with Gasteiger partial charge < -0.3 is 10.1 Å². The number of nitrogens with one attached hydrogen (secondary N) is 1. The molecule has 0 fully saturated rings. The maximum Gasteiger partial charge on any atom is 0.127 e. The molecule has 0 atom stereocenters. The van der Waals surface area contributed by atoms with Gasteiger partial charge in [0.2, 0.25) is 0 Å². The van der Waals surface area contributed by atoms with Crippen molar-refractivity contribution >= 4 is 15.9 Å². The monoisotopic (exact) mass is 339 g/mol. The second-order valence-corrected chi connectivity index (χ2v) is 6.51. The van der Waals surface area contributed by atoms with E-state index in [-0.39, 0.29) is 0 Å². The van der Waals surface area contributed by atoms with Gasteiger partial charge in [-0.1, -0.05) is 55.0 Å². The zero-order valence-electron chi connectivity index (χ0n) is 12.5. The number of hydrogen-bond donors (Lipinski definition) is 1. The van der Waals surface area contributed by atoms with E-state index in [1.807, 2.05) is 0 Å². The van der Waals surface area contributed by atoms with E-state index in [2.05, 4.69) is 40.3 Å². The van der Waals surface area contributed by atoms with Crippen molar-refractivity contribution in [1.82, 2.24) is 5.32 Å². The molecule has 1 heterocycles. The number of unbranched alkanes of at least 4 members (excludes halogenated alkanes) is 5. The Morgan fingerprint density at radius 1 is 1.15 bits per heavy atom. The average Bonchev–Trinajstić information content (AvgIpc) is 2.89. The van der Waals surface area contributed by atoms with Crippen LogP contribution >= 0.6 is 15.9 Å². The smallest absolute Gasteiger partial charge is 0.127 e. The summed E-state index contributed by atoms with van der Waals surface area (Å²) in [5.41, 5.74) is 2.63. The molecule has 0 bridgehead atoms. The molecule has 0 aliphatic carbocycles. The Morgan fingerprint density at radius 3 is 2.80 bits per heavy atom. The van der Waals surface area contributed by atoms with Crippen LogP contribution in [-0.2, 0) is 13.0 Å². The van der Waals surface area contributed by atoms with Crippen LogP contribution in [-0.4, -0.2) is 13.2 Å². The lowest BCUT2D eigenvalue weighted by Crippen LogP contribution is -2.15. The van der Waals surface area contributed by atoms with Crippen LogP contribution in [0, 0.1) is 0 Å². The van der Waals surface area contributed by atoms with Gasteiger partial charge in [0.25, 0.3) is 0 Å². The van der Waals surface area contributed by atoms with Gasteiger partial charge in [-0.25, -0.2) is 0 Å². The molecule has 0 unspecified atom stereocenters. The first-order valence-electron chi connectivity index (χ1n) is 7.96. The third kappa shape index (κ3) is 4.78. The molecule has 1 aromatic carbocycles. The van der Waals surface area contributed by atoms with Crippen molar-refractivity contribution in [3.8, 4) is 5.75 Å². The van der Waals surface area contributed by atoms with Crippen LogP contribution < -0.4 is 10.1 Å². The SMILES string of the molecule is CCCCCCCCNCc1cc(Br)cc2c1OCC2. The zero-order chi connectivity index (χ0) is 14.2. The second-order valence-electron chi connectivity index (χ2n) is 5.60. The van der Waals surface area contributed by atoms with Gasteiger partial charge >= 0.3 is 0 Å². The summed E-state index contributed by atoms with van der Waals surface area (Å²) in [6, 6.07) is 4.36. The van der Waals surface area contributed by atoms with Gasteiger partial charge in [-0.3, -0.25) is 0 Å². The highest BCUT2D eigenvalue weighted by atomic mass is 79.9. The van der Waals surface area contributed by atoms with Gasteiger partial charge in [0.15, 0.2) is 0 Å². The average molecular weight is 340 g/mol. The minimum absolute atomic E-state index is 0.830. The summed E-state index contributed by atoms with van der Waals surface area (Å²) in [4.78, 5) is 0. The molecule has 0 saturated carbocycles. The van der Waals surface area contributed by atoms with E-state index < -0.39 is 0 Å². The summed E-state index contributed by atoms with van der Waals surface area (Å²) in [6.07, 6.45) is 9.15. The molecular weight excluding hydrogens is 314 g/mol. The molecule has 0 saturated heterocycles. The highest BCUT2D eigenvalue weighted by molar-refractivity contribution is 9.10. The molecule has 2 nitrogen and oxygen atoms in total. The Bertz CT molecular complexity index is 420. The van der Waals surface area contributed by atoms with Crippen LogP contribution in [0.4, 0.5) is 0 Å². The lowest BCUT2D eigenvalue weighted by molar-refractivity contribution is 0.352. The van der Waals surface area contributed by atoms with Gasteiger partial charge in [-0.15, -0.1) is 0 Å². The molecule has 1 aliphatic heterocycles. The molecule has 20 heavy (non-hydrogen) atoms. The molecule has 1 N–H and O–H groups in total. The number of ether oxygens (including phenoxy) is 1. The van der Waals surface area contributed by atoms with Crippen LogP contribution in [0.5, 0.6) is 5.75 Å². The topological polar surface area (TPSA) is 21.3 Å². The predicted molar refractivity (Wildman–Crippen MR) is 88.4 cm³/mol. The highest BCUT2D eigenvalue weighted by Gasteiger charge is 2.16. The molecular formula is C17H26BrNO. The maximum atomic E-state index is 5.75. The van der Waals surface area contributed by atoms with E-state index in [9.17, 15) is 0 Å². The fraction of sp³-hybridized carbons (Fsp3) is 0.647. The second kappa shape index (κ2) is 8.68. The maximum absolute atomic E-state index is 5.75. The summed E-state index contributed by atoms with van der Waals surface area (Å²) < 4.78 is 6.91. The molecule has 1 aromatic rings. The fourth-order valence-electron chi connectivity index (χ4n) is 2.73. The summed E-state index contributed by atoms with van der Waals surface area (Å²) in [6.45, 7) is 5.11. The normalized spacial score (nSPS) is 13.3. The fourth-order valence-corrected chi connectivity index (χ4v) is 3.28. The molecule has 0 spiro atoms. The largest absolute Gasteiger partial charge is 0.493 e. The summed E-state index contributed by atoms with van der Waals surface area (Å²) in [7, 11) is 0. The van der Waals surface area contributed by atoms with E-state index in [4.69, 9.17) is 4.74 Å². The Labute approximate surface area is 131 Å². The van der Waals surface area contributed by atoms with Crippen molar-refractivity contribution in [1.29, 1.82) is 0 Å². The van der Waals surface area contributed by atoms with Crippen LogP contribution in [0.1, 0.15) is 56.6 Å². The van der Waals surface area contributed by atoms with Crippen LogP contribution in [0.15, 0.2) is 16.6 Å². The lowest BCUT2D eigenvalue weighted by atomic mass is 10.1. The number of fused-ring (bicyclic) bond motifs is 1. The van der Waals surface area contributed by atoms with Crippen LogP contribution in [0.2, 0.25) is 0 Å². The molecule has 0 aromatic heterocycles. The summed E-state index contributed by atoms with van der Waals surface area (Å²) >= 11 is 3.59. The number of hydrogen-bond acceptors (Lipinski definition) is 2. The third-order valence-electron chi connectivity index (χ3n) is 3.85. The standard InChI is InChI=1S/C17H26BrNO/c1-2-3-4-5-6-7-9-19-13-15-12-16(18)11-14-8-10-20-17(14)15/h11-12,19H,2-10,13H2,1H3. The van der Waals surface area contributed by atoms with Crippen molar-refractivity contribution in [3.63, 3.8) is 0 Å². The Kier molecular flexibility index (Phi) is 6.88. The van der Waals surface area contributed by atoms with Crippen molar-refractivity contribution < 1.29 is 4.74 Å². The number of halogens is 1. The lowest BCUT2D eigenvalue weighted by Gasteiger charge is -2.10. The van der Waals surface area contributed by atoms with Crippen molar-refractivity contribution in [2.45, 2.75) is 58.4 Å². The highest BCUT2D eigenvalue weighted by Crippen LogP contribution is 2.32. The first-order chi connectivity index (χ1) is 9.81. The number of rotatable bonds is 9. The first-order valence-corrected chi connectivity index (χ1v) is 8.75. The molecule has 2 rings (SSSR count). The van der Waals surface area contributed by atoms with E-state index in [1.54, 1.807) is 0 Å². The molecule has 0 amide bonds. The van der Waals surface area contributed by atoms with E-state index in [1.165, 1.54) is 49.7 Å². The zero-order valence-corrected chi connectivity index (χ0v) is 14.1. The Morgan fingerprint density at radius 2 is 1.95 bits per heavy atom. The van der Waals surface area contributed by atoms with Gasteiger partial charge in [0.1, 0.15) is 5.75 Å². The number of benzene rings is 1. The molecule has 1 aliphatic rings. The Balaban J connectivity index is 1.67.